The number of sulfonamides is 1. The first-order chi connectivity index (χ1) is 15.1. The van der Waals surface area contributed by atoms with Gasteiger partial charge in [-0.05, 0) is 56.2 Å². The molecule has 2 aliphatic heterocycles. The fourth-order valence-electron chi connectivity index (χ4n) is 4.64. The van der Waals surface area contributed by atoms with Gasteiger partial charge in [0.25, 0.3) is 0 Å². The average Bonchev–Trinajstić information content (AvgIpc) is 3.16. The van der Waals surface area contributed by atoms with Crippen LogP contribution in [0.3, 0.4) is 0 Å². The van der Waals surface area contributed by atoms with E-state index in [0.717, 1.165) is 56.2 Å². The average molecular weight is 453 g/mol. The smallest absolute Gasteiger partial charge is 0.219 e. The van der Waals surface area contributed by atoms with Crippen molar-refractivity contribution in [2.45, 2.75) is 61.5 Å². The maximum absolute atomic E-state index is 12.4. The van der Waals surface area contributed by atoms with E-state index in [0.29, 0.717) is 12.5 Å². The lowest BCUT2D eigenvalue weighted by atomic mass is 9.82. The SMILES string of the molecule is O=CCOc1ccccc1C1CCC(OC[C@@H]2NCC[C@@H]2NS(=O)(=O)C2COC2)CC1. The van der Waals surface area contributed by atoms with Gasteiger partial charge < -0.3 is 19.5 Å². The Morgan fingerprint density at radius 2 is 1.90 bits per heavy atom. The van der Waals surface area contributed by atoms with Gasteiger partial charge in [-0.1, -0.05) is 18.2 Å². The minimum Gasteiger partial charge on any atom is -0.486 e. The van der Waals surface area contributed by atoms with Crippen molar-refractivity contribution in [1.29, 1.82) is 0 Å². The minimum atomic E-state index is -3.34. The highest BCUT2D eigenvalue weighted by Crippen LogP contribution is 2.38. The number of benzene rings is 1. The number of ether oxygens (including phenoxy) is 3. The van der Waals surface area contributed by atoms with E-state index in [1.165, 1.54) is 0 Å². The van der Waals surface area contributed by atoms with Crippen LogP contribution in [0, 0.1) is 0 Å². The molecule has 2 atom stereocenters. The van der Waals surface area contributed by atoms with E-state index in [4.69, 9.17) is 14.2 Å². The third-order valence-electron chi connectivity index (χ3n) is 6.56. The monoisotopic (exact) mass is 452 g/mol. The van der Waals surface area contributed by atoms with Gasteiger partial charge in [0, 0.05) is 12.1 Å². The molecule has 1 saturated carbocycles. The molecule has 4 rings (SSSR count). The van der Waals surface area contributed by atoms with Crippen molar-refractivity contribution in [1.82, 2.24) is 10.0 Å². The maximum Gasteiger partial charge on any atom is 0.219 e. The third-order valence-corrected chi connectivity index (χ3v) is 8.34. The molecule has 0 aromatic heterocycles. The van der Waals surface area contributed by atoms with Crippen molar-refractivity contribution in [2.24, 2.45) is 0 Å². The van der Waals surface area contributed by atoms with Crippen molar-refractivity contribution in [2.75, 3.05) is 33.0 Å². The molecule has 0 spiro atoms. The zero-order valence-electron chi connectivity index (χ0n) is 17.7. The predicted octanol–water partition coefficient (Wildman–Crippen LogP) is 1.36. The number of para-hydroxylation sites is 1. The molecule has 172 valence electrons. The number of hydrogen-bond acceptors (Lipinski definition) is 7. The van der Waals surface area contributed by atoms with Crippen molar-refractivity contribution >= 4 is 16.3 Å². The van der Waals surface area contributed by atoms with Crippen molar-refractivity contribution in [3.63, 3.8) is 0 Å². The van der Waals surface area contributed by atoms with Gasteiger partial charge in [-0.3, -0.25) is 4.79 Å². The molecule has 1 aromatic rings. The largest absolute Gasteiger partial charge is 0.486 e. The first-order valence-corrected chi connectivity index (χ1v) is 12.7. The molecule has 2 saturated heterocycles. The lowest BCUT2D eigenvalue weighted by Gasteiger charge is -2.32. The molecule has 0 radical (unpaired) electrons. The van der Waals surface area contributed by atoms with Crippen LogP contribution >= 0.6 is 0 Å². The van der Waals surface area contributed by atoms with E-state index in [2.05, 4.69) is 16.1 Å². The third kappa shape index (κ3) is 5.64. The van der Waals surface area contributed by atoms with Gasteiger partial charge >= 0.3 is 0 Å². The Kier molecular flexibility index (Phi) is 7.60. The van der Waals surface area contributed by atoms with E-state index >= 15 is 0 Å². The van der Waals surface area contributed by atoms with Crippen LogP contribution in [0.2, 0.25) is 0 Å². The second kappa shape index (κ2) is 10.4. The number of carbonyl (C=O) groups excluding carboxylic acids is 1. The molecule has 2 N–H and O–H groups in total. The molecule has 0 unspecified atom stereocenters. The summed E-state index contributed by atoms with van der Waals surface area (Å²) in [6, 6.07) is 7.79. The zero-order chi connectivity index (χ0) is 21.7. The van der Waals surface area contributed by atoms with Crippen LogP contribution in [0.4, 0.5) is 0 Å². The highest BCUT2D eigenvalue weighted by atomic mass is 32.2. The number of nitrogens with one attached hydrogen (secondary N) is 2. The topological polar surface area (TPSA) is 103 Å². The van der Waals surface area contributed by atoms with Gasteiger partial charge in [-0.2, -0.15) is 0 Å². The number of rotatable bonds is 10. The summed E-state index contributed by atoms with van der Waals surface area (Å²) >= 11 is 0. The second-order valence-electron chi connectivity index (χ2n) is 8.60. The summed E-state index contributed by atoms with van der Waals surface area (Å²) in [4.78, 5) is 10.7. The van der Waals surface area contributed by atoms with Crippen LogP contribution in [-0.2, 0) is 24.3 Å². The summed E-state index contributed by atoms with van der Waals surface area (Å²) in [5, 5.41) is 2.95. The van der Waals surface area contributed by atoms with E-state index in [1.54, 1.807) is 0 Å². The Morgan fingerprint density at radius 1 is 1.13 bits per heavy atom. The Bertz CT molecular complexity index is 836. The van der Waals surface area contributed by atoms with Crippen LogP contribution in [-0.4, -0.2) is 71.1 Å². The standard InChI is InChI=1S/C22H32N2O6S/c25-11-12-29-22-4-2-1-3-19(22)16-5-7-17(8-6-16)30-15-21-20(9-10-23-21)24-31(26,27)18-13-28-14-18/h1-4,11,16-18,20-21,23-24H,5-10,12-15H2/t16?,17?,20-,21-/m0/s1. The van der Waals surface area contributed by atoms with Crippen LogP contribution in [0.25, 0.3) is 0 Å². The molecule has 31 heavy (non-hydrogen) atoms. The minimum absolute atomic E-state index is 0.00837. The Balaban J connectivity index is 1.24. The Morgan fingerprint density at radius 3 is 2.61 bits per heavy atom. The first kappa shape index (κ1) is 22.7. The Hall–Kier alpha value is -1.52. The summed E-state index contributed by atoms with van der Waals surface area (Å²) in [6.07, 6.45) is 5.63. The first-order valence-electron chi connectivity index (χ1n) is 11.2. The van der Waals surface area contributed by atoms with E-state index in [9.17, 15) is 13.2 Å². The molecule has 0 bridgehead atoms. The van der Waals surface area contributed by atoms with E-state index in [1.807, 2.05) is 18.2 Å². The molecule has 1 aliphatic carbocycles. The highest BCUT2D eigenvalue weighted by molar-refractivity contribution is 7.90. The van der Waals surface area contributed by atoms with Gasteiger partial charge in [0.05, 0.1) is 25.9 Å². The summed E-state index contributed by atoms with van der Waals surface area (Å²) in [5.41, 5.74) is 1.16. The molecule has 3 fully saturated rings. The lowest BCUT2D eigenvalue weighted by Crippen LogP contribution is -2.53. The quantitative estimate of drug-likeness (QED) is 0.517. The molecule has 3 aliphatic rings. The van der Waals surface area contributed by atoms with Gasteiger partial charge in [0.2, 0.25) is 10.0 Å². The summed E-state index contributed by atoms with van der Waals surface area (Å²) in [6.45, 7) is 1.92. The number of hydrogen-bond donors (Lipinski definition) is 2. The van der Waals surface area contributed by atoms with Gasteiger partial charge in [0.1, 0.15) is 17.6 Å². The van der Waals surface area contributed by atoms with Crippen molar-refractivity contribution in [3.05, 3.63) is 29.8 Å². The maximum atomic E-state index is 12.4. The predicted molar refractivity (Wildman–Crippen MR) is 116 cm³/mol. The molecule has 1 aromatic carbocycles. The van der Waals surface area contributed by atoms with E-state index < -0.39 is 15.3 Å². The second-order valence-corrected chi connectivity index (χ2v) is 10.6. The molecule has 2 heterocycles. The van der Waals surface area contributed by atoms with Crippen LogP contribution in [0.15, 0.2) is 24.3 Å². The van der Waals surface area contributed by atoms with E-state index in [-0.39, 0.29) is 38.0 Å². The molecule has 8 nitrogen and oxygen atoms in total. The van der Waals surface area contributed by atoms with Crippen molar-refractivity contribution in [3.8, 4) is 5.75 Å². The summed E-state index contributed by atoms with van der Waals surface area (Å²) in [5.74, 6) is 1.19. The highest BCUT2D eigenvalue weighted by Gasteiger charge is 2.38. The zero-order valence-corrected chi connectivity index (χ0v) is 18.5. The van der Waals surface area contributed by atoms with Gasteiger partial charge in [-0.15, -0.1) is 0 Å². The fraction of sp³-hybridized carbons (Fsp3) is 0.682. The van der Waals surface area contributed by atoms with Crippen LogP contribution in [0.5, 0.6) is 5.75 Å². The number of carbonyl (C=O) groups is 1. The van der Waals surface area contributed by atoms with Crippen LogP contribution in [0.1, 0.15) is 43.6 Å². The van der Waals surface area contributed by atoms with Crippen LogP contribution < -0.4 is 14.8 Å². The fourth-order valence-corrected chi connectivity index (χ4v) is 6.08. The van der Waals surface area contributed by atoms with Gasteiger partial charge in [-0.25, -0.2) is 13.1 Å². The normalized spacial score (nSPS) is 29.4. The summed E-state index contributed by atoms with van der Waals surface area (Å²) in [7, 11) is -3.34. The molecule has 9 heteroatoms. The molecular weight excluding hydrogens is 420 g/mol. The molecule has 0 amide bonds. The van der Waals surface area contributed by atoms with Crippen molar-refractivity contribution < 1.29 is 27.4 Å². The lowest BCUT2D eigenvalue weighted by molar-refractivity contribution is -0.109. The molecular formula is C22H32N2O6S. The van der Waals surface area contributed by atoms with Gasteiger partial charge in [0.15, 0.2) is 6.29 Å². The number of aldehydes is 1. The summed E-state index contributed by atoms with van der Waals surface area (Å²) < 4.78 is 44.5. The Labute approximate surface area is 184 Å².